The summed E-state index contributed by atoms with van der Waals surface area (Å²) < 4.78 is 6.63. The van der Waals surface area contributed by atoms with Crippen LogP contribution in [0.1, 0.15) is 35.8 Å². The van der Waals surface area contributed by atoms with Gasteiger partial charge in [0.2, 0.25) is 0 Å². The highest BCUT2D eigenvalue weighted by Crippen LogP contribution is 2.36. The normalized spacial score (nSPS) is 10.7. The molecule has 0 saturated carbocycles. The molecule has 0 aliphatic carbocycles. The van der Waals surface area contributed by atoms with Crippen LogP contribution in [0.5, 0.6) is 5.75 Å². The zero-order valence-corrected chi connectivity index (χ0v) is 19.1. The van der Waals surface area contributed by atoms with Crippen LogP contribution >= 0.6 is 11.3 Å². The molecule has 2 N–H and O–H groups in total. The summed E-state index contributed by atoms with van der Waals surface area (Å²) in [4.78, 5) is 19.8. The van der Waals surface area contributed by atoms with Crippen molar-refractivity contribution in [3.63, 3.8) is 0 Å². The van der Waals surface area contributed by atoms with Crippen LogP contribution in [0.25, 0.3) is 27.0 Å². The van der Waals surface area contributed by atoms with Gasteiger partial charge in [0.15, 0.2) is 0 Å². The summed E-state index contributed by atoms with van der Waals surface area (Å²) in [7, 11) is 1.57. The van der Waals surface area contributed by atoms with Gasteiger partial charge in [0.25, 0.3) is 5.56 Å². The van der Waals surface area contributed by atoms with Crippen LogP contribution in [0.4, 0.5) is 5.69 Å². The van der Waals surface area contributed by atoms with Gasteiger partial charge in [-0.1, -0.05) is 25.5 Å². The van der Waals surface area contributed by atoms with E-state index in [1.54, 1.807) is 31.4 Å². The fourth-order valence-corrected chi connectivity index (χ4v) is 4.78. The van der Waals surface area contributed by atoms with Gasteiger partial charge in [-0.15, -0.1) is 11.3 Å². The molecule has 0 amide bonds. The molecule has 0 fully saturated rings. The number of hydrogen-bond donors (Lipinski definition) is 1. The Labute approximate surface area is 194 Å². The molecular weight excluding hydrogens is 434 g/mol. The number of fused-ring (bicyclic) bond motifs is 1. The minimum atomic E-state index is -0.258. The Morgan fingerprint density at radius 1 is 1.18 bits per heavy atom. The molecule has 0 spiro atoms. The van der Waals surface area contributed by atoms with Crippen molar-refractivity contribution in [1.82, 2.24) is 9.55 Å². The van der Waals surface area contributed by atoms with Crippen molar-refractivity contribution in [3.8, 4) is 34.7 Å². The number of unbranched alkanes of at least 4 members (excludes halogenated alkanes) is 1. The zero-order valence-electron chi connectivity index (χ0n) is 18.3. The predicted octanol–water partition coefficient (Wildman–Crippen LogP) is 4.79. The van der Waals surface area contributed by atoms with Crippen molar-refractivity contribution in [2.45, 2.75) is 26.2 Å². The van der Waals surface area contributed by atoms with Gasteiger partial charge in [0.1, 0.15) is 29.0 Å². The third-order valence-corrected chi connectivity index (χ3v) is 6.60. The molecular formula is C25H21N5O2S. The summed E-state index contributed by atoms with van der Waals surface area (Å²) in [5.74, 6) is 0.651. The Balaban J connectivity index is 2.01. The number of nitrogen functional groups attached to an aromatic ring is 1. The lowest BCUT2D eigenvalue weighted by molar-refractivity contribution is 0.415. The number of rotatable bonds is 6. The second-order valence-electron chi connectivity index (χ2n) is 7.51. The molecule has 0 saturated heterocycles. The monoisotopic (exact) mass is 455 g/mol. The van der Waals surface area contributed by atoms with Crippen LogP contribution < -0.4 is 16.0 Å². The van der Waals surface area contributed by atoms with Crippen LogP contribution in [0.3, 0.4) is 0 Å². The van der Waals surface area contributed by atoms with Crippen molar-refractivity contribution in [3.05, 3.63) is 69.1 Å². The fraction of sp³-hybridized carbons (Fsp3) is 0.200. The summed E-state index contributed by atoms with van der Waals surface area (Å²) in [6.07, 6.45) is 4.45. The van der Waals surface area contributed by atoms with E-state index in [0.717, 1.165) is 24.1 Å². The lowest BCUT2D eigenvalue weighted by Gasteiger charge is -2.16. The third kappa shape index (κ3) is 3.93. The van der Waals surface area contributed by atoms with E-state index in [9.17, 15) is 15.3 Å². The molecule has 7 nitrogen and oxygen atoms in total. The van der Waals surface area contributed by atoms with E-state index in [1.807, 2.05) is 12.1 Å². The Morgan fingerprint density at radius 3 is 2.58 bits per heavy atom. The summed E-state index contributed by atoms with van der Waals surface area (Å²) in [5.41, 5.74) is 7.74. The van der Waals surface area contributed by atoms with Crippen molar-refractivity contribution >= 4 is 27.2 Å². The van der Waals surface area contributed by atoms with Crippen molar-refractivity contribution in [1.29, 1.82) is 10.5 Å². The number of thiophene rings is 1. The number of nitrogens with two attached hydrogens (primary N) is 1. The summed E-state index contributed by atoms with van der Waals surface area (Å²) in [5, 5.41) is 20.0. The molecule has 164 valence electrons. The Kier molecular flexibility index (Phi) is 6.12. The quantitative estimate of drug-likeness (QED) is 0.418. The molecule has 8 heteroatoms. The van der Waals surface area contributed by atoms with Crippen molar-refractivity contribution in [2.24, 2.45) is 0 Å². The highest BCUT2D eigenvalue weighted by atomic mass is 32.1. The number of methoxy groups -OCH3 is 1. The number of aryl methyl sites for hydroxylation is 1. The SMILES string of the molecule is CCCCc1cc2c(=O)n(-c3cc(C#N)c(N)c(C#N)c3-c3ccc(OC)cc3)cnc2s1. The van der Waals surface area contributed by atoms with Gasteiger partial charge >= 0.3 is 0 Å². The average molecular weight is 456 g/mol. The van der Waals surface area contributed by atoms with Gasteiger partial charge in [-0.05, 0) is 42.7 Å². The van der Waals surface area contributed by atoms with E-state index in [2.05, 4.69) is 18.0 Å². The Bertz CT molecular complexity index is 1490. The van der Waals surface area contributed by atoms with Gasteiger partial charge in [-0.2, -0.15) is 10.5 Å². The topological polar surface area (TPSA) is 118 Å². The van der Waals surface area contributed by atoms with Crippen LogP contribution in [0.2, 0.25) is 0 Å². The average Bonchev–Trinajstić information content (AvgIpc) is 3.27. The van der Waals surface area contributed by atoms with Crippen LogP contribution in [0, 0.1) is 22.7 Å². The smallest absolute Gasteiger partial charge is 0.266 e. The number of ether oxygens (including phenoxy) is 1. The van der Waals surface area contributed by atoms with E-state index in [1.165, 1.54) is 28.3 Å². The lowest BCUT2D eigenvalue weighted by Crippen LogP contribution is -2.19. The van der Waals surface area contributed by atoms with E-state index in [0.29, 0.717) is 32.8 Å². The molecule has 2 heterocycles. The number of aromatic nitrogens is 2. The first-order chi connectivity index (χ1) is 16.0. The van der Waals surface area contributed by atoms with Crippen LogP contribution in [0.15, 0.2) is 47.5 Å². The van der Waals surface area contributed by atoms with E-state index in [-0.39, 0.29) is 22.4 Å². The molecule has 0 bridgehead atoms. The summed E-state index contributed by atoms with van der Waals surface area (Å²) in [6.45, 7) is 2.12. The Morgan fingerprint density at radius 2 is 1.94 bits per heavy atom. The molecule has 4 aromatic rings. The zero-order chi connectivity index (χ0) is 23.5. The molecule has 0 radical (unpaired) electrons. The lowest BCUT2D eigenvalue weighted by atomic mass is 9.94. The van der Waals surface area contributed by atoms with Crippen molar-refractivity contribution < 1.29 is 4.74 Å². The highest BCUT2D eigenvalue weighted by molar-refractivity contribution is 7.18. The maximum Gasteiger partial charge on any atom is 0.266 e. The summed E-state index contributed by atoms with van der Waals surface area (Å²) in [6, 6.07) is 14.7. The van der Waals surface area contributed by atoms with Gasteiger partial charge in [-0.3, -0.25) is 9.36 Å². The largest absolute Gasteiger partial charge is 0.497 e. The van der Waals surface area contributed by atoms with Crippen LogP contribution in [-0.4, -0.2) is 16.7 Å². The molecule has 4 rings (SSSR count). The highest BCUT2D eigenvalue weighted by Gasteiger charge is 2.21. The second-order valence-corrected chi connectivity index (χ2v) is 8.63. The number of anilines is 1. The van der Waals surface area contributed by atoms with Gasteiger partial charge < -0.3 is 10.5 Å². The minimum absolute atomic E-state index is 0.0778. The first-order valence-electron chi connectivity index (χ1n) is 10.4. The van der Waals surface area contributed by atoms with E-state index >= 15 is 0 Å². The van der Waals surface area contributed by atoms with Gasteiger partial charge in [0, 0.05) is 10.4 Å². The standard InChI is InChI=1S/C25H21N5O2S/c1-3-4-5-18-11-19-24(33-18)29-14-30(25(19)31)21-10-16(12-26)23(28)20(13-27)22(21)15-6-8-17(32-2)9-7-15/h6-11,14H,3-5,28H2,1-2H3. The Hall–Kier alpha value is -4.14. The molecule has 0 aliphatic rings. The molecule has 33 heavy (non-hydrogen) atoms. The number of benzene rings is 2. The third-order valence-electron chi connectivity index (χ3n) is 5.50. The van der Waals surface area contributed by atoms with Crippen molar-refractivity contribution in [2.75, 3.05) is 12.8 Å². The van der Waals surface area contributed by atoms with Crippen LogP contribution in [-0.2, 0) is 6.42 Å². The molecule has 0 atom stereocenters. The van der Waals surface area contributed by atoms with Gasteiger partial charge in [0.05, 0.1) is 35.0 Å². The second kappa shape index (κ2) is 9.15. The maximum atomic E-state index is 13.5. The predicted molar refractivity (Wildman–Crippen MR) is 130 cm³/mol. The van der Waals surface area contributed by atoms with E-state index in [4.69, 9.17) is 10.5 Å². The number of hydrogen-bond acceptors (Lipinski definition) is 7. The molecule has 2 aromatic carbocycles. The first-order valence-corrected chi connectivity index (χ1v) is 11.3. The maximum absolute atomic E-state index is 13.5. The minimum Gasteiger partial charge on any atom is -0.497 e. The number of nitriles is 2. The molecule has 0 unspecified atom stereocenters. The molecule has 0 aliphatic heterocycles. The summed E-state index contributed by atoms with van der Waals surface area (Å²) >= 11 is 1.51. The first kappa shape index (κ1) is 22.1. The molecule has 2 aromatic heterocycles. The van der Waals surface area contributed by atoms with E-state index < -0.39 is 0 Å². The number of nitrogens with zero attached hydrogens (tertiary/aromatic N) is 4. The van der Waals surface area contributed by atoms with Gasteiger partial charge in [-0.25, -0.2) is 4.98 Å². The fourth-order valence-electron chi connectivity index (χ4n) is 3.75.